The summed E-state index contributed by atoms with van der Waals surface area (Å²) < 4.78 is 16.1. The standard InChI is InChI=1S/C11H12BrNO3/c1-14-5-6-16-9-4-3-8(7-13)11(15-2)10(9)12/h3-4H,5-6H2,1-2H3. The fourth-order valence-corrected chi connectivity index (χ4v) is 1.79. The smallest absolute Gasteiger partial charge is 0.154 e. The van der Waals surface area contributed by atoms with Crippen LogP contribution in [0.15, 0.2) is 16.6 Å². The first-order chi connectivity index (χ1) is 7.74. The number of ether oxygens (including phenoxy) is 3. The van der Waals surface area contributed by atoms with E-state index < -0.39 is 0 Å². The van der Waals surface area contributed by atoms with Gasteiger partial charge in [0.05, 0.1) is 19.3 Å². The highest BCUT2D eigenvalue weighted by Gasteiger charge is 2.12. The number of halogens is 1. The van der Waals surface area contributed by atoms with Crippen molar-refractivity contribution in [3.05, 3.63) is 22.2 Å². The molecule has 86 valence electrons. The third-order valence-corrected chi connectivity index (χ3v) is 2.68. The molecule has 0 radical (unpaired) electrons. The van der Waals surface area contributed by atoms with Crippen molar-refractivity contribution in [1.29, 1.82) is 5.26 Å². The molecule has 0 fully saturated rings. The van der Waals surface area contributed by atoms with Crippen molar-refractivity contribution in [1.82, 2.24) is 0 Å². The Hall–Kier alpha value is -1.25. The van der Waals surface area contributed by atoms with Gasteiger partial charge in [0.1, 0.15) is 22.9 Å². The second kappa shape index (κ2) is 6.36. The molecule has 0 N–H and O–H groups in total. The van der Waals surface area contributed by atoms with Crippen LogP contribution in [0.2, 0.25) is 0 Å². The third-order valence-electron chi connectivity index (χ3n) is 1.93. The highest BCUT2D eigenvalue weighted by molar-refractivity contribution is 9.10. The molecule has 0 bridgehead atoms. The molecule has 0 atom stereocenters. The lowest BCUT2D eigenvalue weighted by Crippen LogP contribution is -2.05. The number of methoxy groups -OCH3 is 2. The summed E-state index contributed by atoms with van der Waals surface area (Å²) in [5.41, 5.74) is 0.466. The van der Waals surface area contributed by atoms with E-state index in [1.54, 1.807) is 19.2 Å². The zero-order chi connectivity index (χ0) is 12.0. The van der Waals surface area contributed by atoms with Gasteiger partial charge in [-0.1, -0.05) is 0 Å². The third kappa shape index (κ3) is 2.87. The van der Waals surface area contributed by atoms with Crippen molar-refractivity contribution in [2.45, 2.75) is 0 Å². The van der Waals surface area contributed by atoms with Gasteiger partial charge in [-0.3, -0.25) is 0 Å². The molecule has 1 rings (SSSR count). The molecule has 1 aromatic carbocycles. The molecule has 0 spiro atoms. The normalized spacial score (nSPS) is 9.62. The van der Waals surface area contributed by atoms with Gasteiger partial charge < -0.3 is 14.2 Å². The summed E-state index contributed by atoms with van der Waals surface area (Å²) in [6.45, 7) is 0.957. The van der Waals surface area contributed by atoms with E-state index in [4.69, 9.17) is 19.5 Å². The molecule has 0 heterocycles. The van der Waals surface area contributed by atoms with E-state index >= 15 is 0 Å². The summed E-state index contributed by atoms with van der Waals surface area (Å²) in [6, 6.07) is 5.43. The minimum absolute atomic E-state index is 0.449. The summed E-state index contributed by atoms with van der Waals surface area (Å²) in [7, 11) is 3.12. The van der Waals surface area contributed by atoms with Crippen molar-refractivity contribution in [2.75, 3.05) is 27.4 Å². The lowest BCUT2D eigenvalue weighted by atomic mass is 10.2. The lowest BCUT2D eigenvalue weighted by molar-refractivity contribution is 0.145. The Morgan fingerprint density at radius 2 is 2.06 bits per heavy atom. The molecule has 5 heteroatoms. The first kappa shape index (κ1) is 12.8. The topological polar surface area (TPSA) is 51.5 Å². The molecule has 16 heavy (non-hydrogen) atoms. The van der Waals surface area contributed by atoms with Crippen LogP contribution in [0, 0.1) is 11.3 Å². The average molecular weight is 286 g/mol. The molecule has 0 aliphatic rings. The molecule has 4 nitrogen and oxygen atoms in total. The molecule has 0 saturated carbocycles. The summed E-state index contributed by atoms with van der Waals surface area (Å²) in [4.78, 5) is 0. The van der Waals surface area contributed by atoms with E-state index in [0.717, 1.165) is 0 Å². The molecule has 0 unspecified atom stereocenters. The zero-order valence-corrected chi connectivity index (χ0v) is 10.7. The molecule has 1 aromatic rings. The van der Waals surface area contributed by atoms with Gasteiger partial charge in [0, 0.05) is 7.11 Å². The SMILES string of the molecule is COCCOc1ccc(C#N)c(OC)c1Br. The summed E-state index contributed by atoms with van der Waals surface area (Å²) in [5.74, 6) is 1.12. The van der Waals surface area contributed by atoms with Crippen LogP contribution >= 0.6 is 15.9 Å². The van der Waals surface area contributed by atoms with Crippen LogP contribution in [0.25, 0.3) is 0 Å². The highest BCUT2D eigenvalue weighted by atomic mass is 79.9. The van der Waals surface area contributed by atoms with Crippen molar-refractivity contribution in [3.8, 4) is 17.6 Å². The van der Waals surface area contributed by atoms with Gasteiger partial charge in [-0.15, -0.1) is 0 Å². The maximum absolute atomic E-state index is 8.87. The minimum Gasteiger partial charge on any atom is -0.494 e. The largest absolute Gasteiger partial charge is 0.494 e. The Balaban J connectivity index is 2.92. The van der Waals surface area contributed by atoms with E-state index in [2.05, 4.69) is 15.9 Å². The Kier molecular flexibility index (Phi) is 5.09. The molecule has 0 amide bonds. The first-order valence-corrected chi connectivity index (χ1v) is 5.42. The number of nitrogens with zero attached hydrogens (tertiary/aromatic N) is 1. The number of benzene rings is 1. The van der Waals surface area contributed by atoms with Gasteiger partial charge in [-0.25, -0.2) is 0 Å². The van der Waals surface area contributed by atoms with Crippen molar-refractivity contribution < 1.29 is 14.2 Å². The Bertz CT molecular complexity index is 401. The Morgan fingerprint density at radius 3 is 2.62 bits per heavy atom. The maximum atomic E-state index is 8.87. The maximum Gasteiger partial charge on any atom is 0.154 e. The van der Waals surface area contributed by atoms with Crippen molar-refractivity contribution in [3.63, 3.8) is 0 Å². The van der Waals surface area contributed by atoms with Crippen LogP contribution in [-0.2, 0) is 4.74 Å². The predicted molar refractivity (Wildman–Crippen MR) is 62.8 cm³/mol. The van der Waals surface area contributed by atoms with E-state index in [-0.39, 0.29) is 0 Å². The Labute approximate surface area is 103 Å². The second-order valence-corrected chi connectivity index (χ2v) is 3.70. The van der Waals surface area contributed by atoms with Gasteiger partial charge >= 0.3 is 0 Å². The predicted octanol–water partition coefficient (Wildman–Crippen LogP) is 2.35. The van der Waals surface area contributed by atoms with Crippen molar-refractivity contribution in [2.24, 2.45) is 0 Å². The number of nitriles is 1. The van der Waals surface area contributed by atoms with E-state index in [1.807, 2.05) is 6.07 Å². The van der Waals surface area contributed by atoms with Gasteiger partial charge in [0.2, 0.25) is 0 Å². The van der Waals surface area contributed by atoms with Crippen LogP contribution in [0.1, 0.15) is 5.56 Å². The van der Waals surface area contributed by atoms with Gasteiger partial charge in [-0.05, 0) is 28.1 Å². The highest BCUT2D eigenvalue weighted by Crippen LogP contribution is 2.36. The van der Waals surface area contributed by atoms with Crippen LogP contribution < -0.4 is 9.47 Å². The number of hydrogen-bond acceptors (Lipinski definition) is 4. The Morgan fingerprint density at radius 1 is 1.31 bits per heavy atom. The quantitative estimate of drug-likeness (QED) is 0.780. The van der Waals surface area contributed by atoms with Gasteiger partial charge in [-0.2, -0.15) is 5.26 Å². The first-order valence-electron chi connectivity index (χ1n) is 4.63. The van der Waals surface area contributed by atoms with Crippen LogP contribution in [0.5, 0.6) is 11.5 Å². The second-order valence-electron chi connectivity index (χ2n) is 2.91. The monoisotopic (exact) mass is 285 g/mol. The number of hydrogen-bond donors (Lipinski definition) is 0. The molecule has 0 aliphatic carbocycles. The zero-order valence-electron chi connectivity index (χ0n) is 9.12. The fourth-order valence-electron chi connectivity index (χ4n) is 1.17. The van der Waals surface area contributed by atoms with Crippen LogP contribution in [0.4, 0.5) is 0 Å². The molecule has 0 aromatic heterocycles. The van der Waals surface area contributed by atoms with Gasteiger partial charge in [0.25, 0.3) is 0 Å². The number of rotatable bonds is 5. The van der Waals surface area contributed by atoms with Crippen molar-refractivity contribution >= 4 is 15.9 Å². The molecular weight excluding hydrogens is 274 g/mol. The molecular formula is C11H12BrNO3. The summed E-state index contributed by atoms with van der Waals surface area (Å²) in [6.07, 6.45) is 0. The fraction of sp³-hybridized carbons (Fsp3) is 0.364. The summed E-state index contributed by atoms with van der Waals surface area (Å²) >= 11 is 3.34. The van der Waals surface area contributed by atoms with Crippen LogP contribution in [0.3, 0.4) is 0 Å². The molecule has 0 aliphatic heterocycles. The van der Waals surface area contributed by atoms with E-state index in [0.29, 0.717) is 34.7 Å². The van der Waals surface area contributed by atoms with Crippen LogP contribution in [-0.4, -0.2) is 27.4 Å². The summed E-state index contributed by atoms with van der Waals surface area (Å²) in [5, 5.41) is 8.87. The van der Waals surface area contributed by atoms with E-state index in [1.165, 1.54) is 7.11 Å². The molecule has 0 saturated heterocycles. The lowest BCUT2D eigenvalue weighted by Gasteiger charge is -2.11. The minimum atomic E-state index is 0.449. The van der Waals surface area contributed by atoms with Gasteiger partial charge in [0.15, 0.2) is 5.75 Å². The van der Waals surface area contributed by atoms with E-state index in [9.17, 15) is 0 Å². The average Bonchev–Trinajstić information content (AvgIpc) is 2.31.